The maximum atomic E-state index is 12.3. The molecule has 0 unspecified atom stereocenters. The Balaban J connectivity index is 2.70. The maximum absolute atomic E-state index is 12.3. The van der Waals surface area contributed by atoms with Crippen LogP contribution in [0.15, 0.2) is 36.5 Å². The van der Waals surface area contributed by atoms with Gasteiger partial charge in [-0.3, -0.25) is 0 Å². The van der Waals surface area contributed by atoms with E-state index in [0.29, 0.717) is 10.1 Å². The lowest BCUT2D eigenvalue weighted by molar-refractivity contribution is -0.577. The molecule has 0 aliphatic heterocycles. The second-order valence-corrected chi connectivity index (χ2v) is 3.11. The number of nitrogens with zero attached hydrogens (tertiary/aromatic N) is 1. The van der Waals surface area contributed by atoms with Crippen LogP contribution in [0, 0.1) is 5.21 Å². The van der Waals surface area contributed by atoms with E-state index in [1.807, 2.05) is 0 Å². The molecule has 0 fully saturated rings. The SMILES string of the molecule is [O-][n+]1cccc2ccc(C(F)(F)F)cc21. The third-order valence-corrected chi connectivity index (χ3v) is 2.09. The predicted octanol–water partition coefficient (Wildman–Crippen LogP) is 2.49. The molecule has 15 heavy (non-hydrogen) atoms. The molecule has 2 nitrogen and oxygen atoms in total. The minimum Gasteiger partial charge on any atom is -0.618 e. The van der Waals surface area contributed by atoms with Gasteiger partial charge in [0.05, 0.1) is 5.56 Å². The molecule has 1 aromatic heterocycles. The number of aromatic nitrogens is 1. The molecule has 0 aliphatic carbocycles. The average molecular weight is 213 g/mol. The van der Waals surface area contributed by atoms with Crippen molar-refractivity contribution in [2.75, 3.05) is 0 Å². The minimum atomic E-state index is -4.42. The summed E-state index contributed by atoms with van der Waals surface area (Å²) in [6.07, 6.45) is -3.25. The number of hydrogen-bond acceptors (Lipinski definition) is 1. The summed E-state index contributed by atoms with van der Waals surface area (Å²) in [7, 11) is 0. The Morgan fingerprint density at radius 2 is 1.87 bits per heavy atom. The van der Waals surface area contributed by atoms with Gasteiger partial charge in [0.2, 0.25) is 5.52 Å². The molecule has 2 rings (SSSR count). The van der Waals surface area contributed by atoms with Gasteiger partial charge in [-0.05, 0) is 18.2 Å². The molecule has 0 saturated carbocycles. The smallest absolute Gasteiger partial charge is 0.416 e. The van der Waals surface area contributed by atoms with Gasteiger partial charge in [0.25, 0.3) is 0 Å². The second kappa shape index (κ2) is 3.12. The normalized spacial score (nSPS) is 11.9. The highest BCUT2D eigenvalue weighted by molar-refractivity contribution is 5.76. The van der Waals surface area contributed by atoms with Gasteiger partial charge in [0.15, 0.2) is 6.20 Å². The number of benzene rings is 1. The first-order valence-corrected chi connectivity index (χ1v) is 4.17. The Hall–Kier alpha value is -1.78. The van der Waals surface area contributed by atoms with Crippen LogP contribution in [0.25, 0.3) is 10.9 Å². The molecule has 0 bridgehead atoms. The van der Waals surface area contributed by atoms with Gasteiger partial charge < -0.3 is 5.21 Å². The monoisotopic (exact) mass is 213 g/mol. The average Bonchev–Trinajstić information content (AvgIpc) is 2.16. The fourth-order valence-electron chi connectivity index (χ4n) is 1.36. The van der Waals surface area contributed by atoms with Gasteiger partial charge in [-0.15, -0.1) is 0 Å². The molecule has 0 aliphatic rings. The van der Waals surface area contributed by atoms with Gasteiger partial charge in [0.1, 0.15) is 0 Å². The van der Waals surface area contributed by atoms with Crippen molar-refractivity contribution in [1.29, 1.82) is 0 Å². The zero-order valence-electron chi connectivity index (χ0n) is 7.45. The molecule has 0 N–H and O–H groups in total. The summed E-state index contributed by atoms with van der Waals surface area (Å²) in [4.78, 5) is 0. The fraction of sp³-hybridized carbons (Fsp3) is 0.100. The zero-order valence-corrected chi connectivity index (χ0v) is 7.45. The van der Waals surface area contributed by atoms with Crippen LogP contribution in [0.3, 0.4) is 0 Å². The van der Waals surface area contributed by atoms with E-state index >= 15 is 0 Å². The summed E-state index contributed by atoms with van der Waals surface area (Å²) in [6.45, 7) is 0. The molecule has 0 amide bonds. The van der Waals surface area contributed by atoms with E-state index in [-0.39, 0.29) is 5.52 Å². The summed E-state index contributed by atoms with van der Waals surface area (Å²) in [5, 5.41) is 11.7. The summed E-state index contributed by atoms with van der Waals surface area (Å²) in [6, 6.07) is 6.17. The highest BCUT2D eigenvalue weighted by atomic mass is 19.4. The Morgan fingerprint density at radius 3 is 2.53 bits per heavy atom. The number of alkyl halides is 3. The number of fused-ring (bicyclic) bond motifs is 1. The molecule has 5 heteroatoms. The van der Waals surface area contributed by atoms with Crippen molar-refractivity contribution in [1.82, 2.24) is 0 Å². The van der Waals surface area contributed by atoms with Gasteiger partial charge in [-0.25, -0.2) is 0 Å². The second-order valence-electron chi connectivity index (χ2n) is 3.11. The molecule has 0 radical (unpaired) electrons. The number of rotatable bonds is 0. The molecular weight excluding hydrogens is 207 g/mol. The molecule has 0 spiro atoms. The fourth-order valence-corrected chi connectivity index (χ4v) is 1.36. The van der Waals surface area contributed by atoms with Crippen molar-refractivity contribution in [3.8, 4) is 0 Å². The highest BCUT2D eigenvalue weighted by Gasteiger charge is 2.31. The number of hydrogen-bond donors (Lipinski definition) is 0. The number of halogens is 3. The summed E-state index contributed by atoms with van der Waals surface area (Å²) in [5.41, 5.74) is -0.793. The van der Waals surface area contributed by atoms with Gasteiger partial charge >= 0.3 is 6.18 Å². The van der Waals surface area contributed by atoms with Gasteiger partial charge in [-0.2, -0.15) is 17.9 Å². The van der Waals surface area contributed by atoms with Crippen LogP contribution < -0.4 is 4.73 Å². The summed E-state index contributed by atoms with van der Waals surface area (Å²) < 4.78 is 37.4. The maximum Gasteiger partial charge on any atom is 0.416 e. The van der Waals surface area contributed by atoms with Crippen molar-refractivity contribution >= 4 is 10.9 Å². The van der Waals surface area contributed by atoms with Crippen LogP contribution in [0.4, 0.5) is 13.2 Å². The molecule has 2 aromatic rings. The molecule has 78 valence electrons. The van der Waals surface area contributed by atoms with Crippen molar-refractivity contribution < 1.29 is 17.9 Å². The largest absolute Gasteiger partial charge is 0.618 e. The van der Waals surface area contributed by atoms with Gasteiger partial charge in [0, 0.05) is 17.5 Å². The van der Waals surface area contributed by atoms with E-state index in [4.69, 9.17) is 0 Å². The minimum absolute atomic E-state index is 0.0207. The van der Waals surface area contributed by atoms with Crippen LogP contribution in [0.1, 0.15) is 5.56 Å². The van der Waals surface area contributed by atoms with E-state index in [1.54, 1.807) is 6.07 Å². The summed E-state index contributed by atoms with van der Waals surface area (Å²) in [5.74, 6) is 0. The first-order valence-electron chi connectivity index (χ1n) is 4.17. The molecule has 1 aromatic carbocycles. The van der Waals surface area contributed by atoms with Crippen LogP contribution in [-0.4, -0.2) is 0 Å². The molecule has 0 saturated heterocycles. The van der Waals surface area contributed by atoms with E-state index in [9.17, 15) is 18.4 Å². The Kier molecular flexibility index (Phi) is 2.03. The van der Waals surface area contributed by atoms with E-state index in [0.717, 1.165) is 12.1 Å². The zero-order chi connectivity index (χ0) is 11.1. The Labute approximate surface area is 83.2 Å². The lowest BCUT2D eigenvalue weighted by Gasteiger charge is -2.07. The topological polar surface area (TPSA) is 26.9 Å². The van der Waals surface area contributed by atoms with E-state index in [2.05, 4.69) is 0 Å². The van der Waals surface area contributed by atoms with E-state index < -0.39 is 11.7 Å². The van der Waals surface area contributed by atoms with Crippen molar-refractivity contribution in [2.24, 2.45) is 0 Å². The van der Waals surface area contributed by atoms with Gasteiger partial charge in [-0.1, -0.05) is 0 Å². The third-order valence-electron chi connectivity index (χ3n) is 2.09. The Bertz CT molecular complexity index is 507. The first-order chi connectivity index (χ1) is 6.98. The van der Waals surface area contributed by atoms with Crippen molar-refractivity contribution in [3.63, 3.8) is 0 Å². The third kappa shape index (κ3) is 1.72. The standard InChI is InChI=1S/C10H6F3NO/c11-10(12,13)8-4-3-7-2-1-5-14(15)9(7)6-8/h1-6H. The highest BCUT2D eigenvalue weighted by Crippen LogP contribution is 2.30. The van der Waals surface area contributed by atoms with Crippen molar-refractivity contribution in [3.05, 3.63) is 47.3 Å². The van der Waals surface area contributed by atoms with Crippen LogP contribution in [0.5, 0.6) is 0 Å². The Morgan fingerprint density at radius 1 is 1.13 bits per heavy atom. The lowest BCUT2D eigenvalue weighted by atomic mass is 10.1. The molecule has 1 heterocycles. The van der Waals surface area contributed by atoms with Crippen molar-refractivity contribution in [2.45, 2.75) is 6.18 Å². The quantitative estimate of drug-likeness (QED) is 0.488. The lowest BCUT2D eigenvalue weighted by Crippen LogP contribution is -2.26. The molecular formula is C10H6F3NO. The first kappa shape index (κ1) is 9.76. The predicted molar refractivity (Wildman–Crippen MR) is 47.9 cm³/mol. The molecule has 0 atom stereocenters. The summed E-state index contributed by atoms with van der Waals surface area (Å²) >= 11 is 0. The van der Waals surface area contributed by atoms with Crippen LogP contribution in [-0.2, 0) is 6.18 Å². The van der Waals surface area contributed by atoms with Crippen LogP contribution >= 0.6 is 0 Å². The van der Waals surface area contributed by atoms with Crippen LogP contribution in [0.2, 0.25) is 0 Å². The van der Waals surface area contributed by atoms with E-state index in [1.165, 1.54) is 18.3 Å². The number of pyridine rings is 1.